The average Bonchev–Trinajstić information content (AvgIpc) is 2.96. The number of hydrogen-bond donors (Lipinski definition) is 1. The minimum absolute atomic E-state index is 0.0732. The third-order valence-corrected chi connectivity index (χ3v) is 5.04. The minimum Gasteiger partial charge on any atom is -0.396 e. The zero-order valence-electron chi connectivity index (χ0n) is 12.9. The molecule has 3 rings (SSSR count). The highest BCUT2D eigenvalue weighted by Gasteiger charge is 2.40. The lowest BCUT2D eigenvalue weighted by Gasteiger charge is -2.32. The number of carbonyl (C=O) groups is 2. The minimum atomic E-state index is -0.584. The first-order valence-electron chi connectivity index (χ1n) is 8.06. The van der Waals surface area contributed by atoms with E-state index in [0.29, 0.717) is 31.1 Å². The molecule has 2 fully saturated rings. The first-order chi connectivity index (χ1) is 11.1. The van der Waals surface area contributed by atoms with Crippen LogP contribution in [0.25, 0.3) is 0 Å². The van der Waals surface area contributed by atoms with E-state index in [4.69, 9.17) is 11.6 Å². The van der Waals surface area contributed by atoms with Crippen LogP contribution in [0.4, 0.5) is 5.69 Å². The normalized spacial score (nSPS) is 22.7. The van der Waals surface area contributed by atoms with Gasteiger partial charge in [-0.2, -0.15) is 0 Å². The van der Waals surface area contributed by atoms with E-state index in [-0.39, 0.29) is 24.3 Å². The Kier molecular flexibility index (Phi) is 4.87. The summed E-state index contributed by atoms with van der Waals surface area (Å²) in [5.41, 5.74) is 0.747. The molecular formula is C17H21ClN2O3. The van der Waals surface area contributed by atoms with Crippen molar-refractivity contribution in [3.05, 3.63) is 29.3 Å². The second-order valence-electron chi connectivity index (χ2n) is 6.26. The van der Waals surface area contributed by atoms with Crippen molar-refractivity contribution >= 4 is 29.1 Å². The predicted molar refractivity (Wildman–Crippen MR) is 88.3 cm³/mol. The van der Waals surface area contributed by atoms with Crippen molar-refractivity contribution in [3.63, 3.8) is 0 Å². The molecule has 0 aliphatic carbocycles. The highest BCUT2D eigenvalue weighted by atomic mass is 35.5. The molecule has 2 aliphatic heterocycles. The van der Waals surface area contributed by atoms with Gasteiger partial charge in [-0.3, -0.25) is 9.59 Å². The van der Waals surface area contributed by atoms with Crippen LogP contribution in [0, 0.1) is 11.8 Å². The highest BCUT2D eigenvalue weighted by molar-refractivity contribution is 6.31. The van der Waals surface area contributed by atoms with Gasteiger partial charge in [-0.25, -0.2) is 0 Å². The van der Waals surface area contributed by atoms with Gasteiger partial charge in [0.1, 0.15) is 5.92 Å². The van der Waals surface area contributed by atoms with Crippen LogP contribution in [0.15, 0.2) is 24.3 Å². The molecule has 0 spiro atoms. The van der Waals surface area contributed by atoms with Crippen molar-refractivity contribution in [1.82, 2.24) is 4.90 Å². The number of aliphatic hydroxyl groups excluding tert-OH is 1. The van der Waals surface area contributed by atoms with Gasteiger partial charge in [0.05, 0.1) is 0 Å². The van der Waals surface area contributed by atoms with Crippen LogP contribution in [-0.2, 0) is 9.59 Å². The Morgan fingerprint density at radius 3 is 2.61 bits per heavy atom. The molecule has 1 aromatic rings. The molecule has 1 N–H and O–H groups in total. The van der Waals surface area contributed by atoms with E-state index in [0.717, 1.165) is 18.5 Å². The fourth-order valence-electron chi connectivity index (χ4n) is 3.37. The maximum Gasteiger partial charge on any atom is 0.239 e. The number of benzene rings is 1. The summed E-state index contributed by atoms with van der Waals surface area (Å²) >= 11 is 5.99. The molecule has 23 heavy (non-hydrogen) atoms. The lowest BCUT2D eigenvalue weighted by atomic mass is 9.96. The van der Waals surface area contributed by atoms with Gasteiger partial charge in [-0.1, -0.05) is 17.7 Å². The molecule has 0 saturated carbocycles. The van der Waals surface area contributed by atoms with Crippen LogP contribution < -0.4 is 4.90 Å². The van der Waals surface area contributed by atoms with Crippen LogP contribution in [0.2, 0.25) is 5.02 Å². The second kappa shape index (κ2) is 6.89. The number of likely N-dealkylation sites (tertiary alicyclic amines) is 1. The van der Waals surface area contributed by atoms with Crippen molar-refractivity contribution in [2.45, 2.75) is 19.3 Å². The Balaban J connectivity index is 1.66. The molecule has 5 nitrogen and oxygen atoms in total. The summed E-state index contributed by atoms with van der Waals surface area (Å²) in [6.45, 7) is 1.98. The summed E-state index contributed by atoms with van der Waals surface area (Å²) in [5, 5.41) is 9.76. The fourth-order valence-corrected chi connectivity index (χ4v) is 3.55. The monoisotopic (exact) mass is 336 g/mol. The molecule has 0 bridgehead atoms. The second-order valence-corrected chi connectivity index (χ2v) is 6.70. The smallest absolute Gasteiger partial charge is 0.239 e. The molecule has 2 amide bonds. The SMILES string of the molecule is O=C(C1CCN(c2cccc(Cl)c2)C1=O)N1CCC(CO)CC1. The molecule has 2 aliphatic rings. The van der Waals surface area contributed by atoms with Crippen LogP contribution in [0.5, 0.6) is 0 Å². The van der Waals surface area contributed by atoms with E-state index < -0.39 is 5.92 Å². The maximum atomic E-state index is 12.6. The largest absolute Gasteiger partial charge is 0.396 e. The van der Waals surface area contributed by atoms with Crippen LogP contribution >= 0.6 is 11.6 Å². The van der Waals surface area contributed by atoms with E-state index >= 15 is 0 Å². The zero-order chi connectivity index (χ0) is 16.4. The molecule has 1 unspecified atom stereocenters. The lowest BCUT2D eigenvalue weighted by Crippen LogP contribution is -2.44. The number of halogens is 1. The topological polar surface area (TPSA) is 60.9 Å². The molecule has 1 atom stereocenters. The molecule has 1 aromatic carbocycles. The van der Waals surface area contributed by atoms with E-state index in [1.165, 1.54) is 0 Å². The van der Waals surface area contributed by atoms with E-state index in [1.807, 2.05) is 6.07 Å². The number of aliphatic hydroxyl groups is 1. The van der Waals surface area contributed by atoms with Gasteiger partial charge in [-0.15, -0.1) is 0 Å². The highest BCUT2D eigenvalue weighted by Crippen LogP contribution is 2.29. The van der Waals surface area contributed by atoms with Crippen molar-refractivity contribution in [3.8, 4) is 0 Å². The van der Waals surface area contributed by atoms with Crippen LogP contribution in [0.1, 0.15) is 19.3 Å². The number of piperidine rings is 1. The van der Waals surface area contributed by atoms with Gasteiger partial charge in [0.25, 0.3) is 0 Å². The first kappa shape index (κ1) is 16.3. The summed E-state index contributed by atoms with van der Waals surface area (Å²) in [6, 6.07) is 7.15. The molecule has 0 aromatic heterocycles. The third-order valence-electron chi connectivity index (χ3n) is 4.81. The molecule has 6 heteroatoms. The number of rotatable bonds is 3. The Morgan fingerprint density at radius 1 is 1.22 bits per heavy atom. The van der Waals surface area contributed by atoms with Crippen LogP contribution in [0.3, 0.4) is 0 Å². The Morgan fingerprint density at radius 2 is 1.96 bits per heavy atom. The molecule has 0 radical (unpaired) electrons. The van der Waals surface area contributed by atoms with E-state index in [2.05, 4.69) is 0 Å². The molecular weight excluding hydrogens is 316 g/mol. The third kappa shape index (κ3) is 3.35. The number of carbonyl (C=O) groups excluding carboxylic acids is 2. The van der Waals surface area contributed by atoms with E-state index in [9.17, 15) is 14.7 Å². The molecule has 2 heterocycles. The summed E-state index contributed by atoms with van der Waals surface area (Å²) in [6.07, 6.45) is 2.16. The van der Waals surface area contributed by atoms with Crippen molar-refractivity contribution in [2.24, 2.45) is 11.8 Å². The number of hydrogen-bond acceptors (Lipinski definition) is 3. The Bertz CT molecular complexity index is 599. The van der Waals surface area contributed by atoms with Gasteiger partial charge in [0.15, 0.2) is 0 Å². The van der Waals surface area contributed by atoms with Gasteiger partial charge in [0, 0.05) is 37.0 Å². The summed E-state index contributed by atoms with van der Waals surface area (Å²) in [7, 11) is 0. The number of amides is 2. The standard InChI is InChI=1S/C17H21ClN2O3/c18-13-2-1-3-14(10-13)20-9-6-15(17(20)23)16(22)19-7-4-12(11-21)5-8-19/h1-3,10,12,15,21H,4-9,11H2. The van der Waals surface area contributed by atoms with E-state index in [1.54, 1.807) is 28.0 Å². The van der Waals surface area contributed by atoms with Gasteiger partial charge in [0.2, 0.25) is 11.8 Å². The van der Waals surface area contributed by atoms with Crippen molar-refractivity contribution in [2.75, 3.05) is 31.1 Å². The van der Waals surface area contributed by atoms with Gasteiger partial charge in [-0.05, 0) is 43.4 Å². The predicted octanol–water partition coefficient (Wildman–Crippen LogP) is 1.92. The Labute approximate surface area is 140 Å². The first-order valence-corrected chi connectivity index (χ1v) is 8.44. The molecule has 124 valence electrons. The van der Waals surface area contributed by atoms with Gasteiger partial charge >= 0.3 is 0 Å². The lowest BCUT2D eigenvalue weighted by molar-refractivity contribution is -0.141. The number of nitrogens with zero attached hydrogens (tertiary/aromatic N) is 2. The Hall–Kier alpha value is -1.59. The quantitative estimate of drug-likeness (QED) is 0.858. The summed E-state index contributed by atoms with van der Waals surface area (Å²) in [4.78, 5) is 28.7. The van der Waals surface area contributed by atoms with Crippen molar-refractivity contribution in [1.29, 1.82) is 0 Å². The maximum absolute atomic E-state index is 12.6. The van der Waals surface area contributed by atoms with Crippen molar-refractivity contribution < 1.29 is 14.7 Å². The number of anilines is 1. The average molecular weight is 337 g/mol. The molecule has 2 saturated heterocycles. The van der Waals surface area contributed by atoms with Crippen LogP contribution in [-0.4, -0.2) is 48.1 Å². The summed E-state index contributed by atoms with van der Waals surface area (Å²) in [5.74, 6) is -0.515. The van der Waals surface area contributed by atoms with Gasteiger partial charge < -0.3 is 14.9 Å². The fraction of sp³-hybridized carbons (Fsp3) is 0.529. The summed E-state index contributed by atoms with van der Waals surface area (Å²) < 4.78 is 0. The zero-order valence-corrected chi connectivity index (χ0v) is 13.7.